The van der Waals surface area contributed by atoms with Crippen LogP contribution in [0.3, 0.4) is 0 Å². The van der Waals surface area contributed by atoms with Crippen LogP contribution in [0, 0.1) is 0 Å². The van der Waals surface area contributed by atoms with Crippen molar-refractivity contribution in [1.29, 1.82) is 0 Å². The maximum absolute atomic E-state index is 12.6. The fourth-order valence-electron chi connectivity index (χ4n) is 3.91. The van der Waals surface area contributed by atoms with Gasteiger partial charge in [0.1, 0.15) is 10.7 Å². The van der Waals surface area contributed by atoms with Gasteiger partial charge in [0.2, 0.25) is 0 Å². The van der Waals surface area contributed by atoms with Gasteiger partial charge in [-0.15, -0.1) is 11.3 Å². The molecule has 1 N–H and O–H groups in total. The van der Waals surface area contributed by atoms with Crippen LogP contribution >= 0.6 is 11.3 Å². The van der Waals surface area contributed by atoms with E-state index in [1.807, 2.05) is 0 Å². The van der Waals surface area contributed by atoms with Crippen LogP contribution in [0.2, 0.25) is 0 Å². The maximum Gasteiger partial charge on any atom is 0.259 e. The predicted molar refractivity (Wildman–Crippen MR) is 92.2 cm³/mol. The summed E-state index contributed by atoms with van der Waals surface area (Å²) >= 11 is 1.72. The quantitative estimate of drug-likeness (QED) is 0.917. The average molecular weight is 333 g/mol. The number of H-pyrrole nitrogens is 1. The van der Waals surface area contributed by atoms with Crippen LogP contribution in [0.1, 0.15) is 43.0 Å². The Hall–Kier alpha value is -1.24. The first-order valence-electron chi connectivity index (χ1n) is 8.51. The number of ether oxygens (including phenoxy) is 1. The largest absolute Gasteiger partial charge is 0.373 e. The Morgan fingerprint density at radius 1 is 1.26 bits per heavy atom. The molecular formula is C17H23N3O2S. The van der Waals surface area contributed by atoms with Crippen LogP contribution in [-0.4, -0.2) is 40.2 Å². The second-order valence-corrected chi connectivity index (χ2v) is 7.94. The molecular weight excluding hydrogens is 310 g/mol. The lowest BCUT2D eigenvalue weighted by atomic mass is 9.97. The Morgan fingerprint density at radius 3 is 2.78 bits per heavy atom. The van der Waals surface area contributed by atoms with E-state index < -0.39 is 0 Å². The van der Waals surface area contributed by atoms with E-state index in [2.05, 4.69) is 23.7 Å². The summed E-state index contributed by atoms with van der Waals surface area (Å²) in [7, 11) is 0. The summed E-state index contributed by atoms with van der Waals surface area (Å²) < 4.78 is 5.77. The van der Waals surface area contributed by atoms with Crippen LogP contribution in [0.4, 0.5) is 0 Å². The third kappa shape index (κ3) is 2.95. The Labute approximate surface area is 139 Å². The first-order chi connectivity index (χ1) is 11.1. The molecule has 1 aliphatic heterocycles. The number of thiophene rings is 1. The number of nitrogens with zero attached hydrogens (tertiary/aromatic N) is 2. The van der Waals surface area contributed by atoms with Crippen molar-refractivity contribution in [3.8, 4) is 0 Å². The topological polar surface area (TPSA) is 58.2 Å². The van der Waals surface area contributed by atoms with E-state index in [-0.39, 0.29) is 17.8 Å². The molecule has 4 rings (SSSR count). The van der Waals surface area contributed by atoms with Crippen molar-refractivity contribution in [3.05, 3.63) is 26.6 Å². The van der Waals surface area contributed by atoms with Crippen molar-refractivity contribution < 1.29 is 4.74 Å². The summed E-state index contributed by atoms with van der Waals surface area (Å²) in [6.07, 6.45) is 4.99. The van der Waals surface area contributed by atoms with Crippen molar-refractivity contribution in [1.82, 2.24) is 14.9 Å². The molecule has 2 atom stereocenters. The van der Waals surface area contributed by atoms with Gasteiger partial charge in [-0.25, -0.2) is 4.98 Å². The molecule has 2 aliphatic rings. The molecule has 5 nitrogen and oxygen atoms in total. The summed E-state index contributed by atoms with van der Waals surface area (Å²) in [4.78, 5) is 25.0. The molecule has 23 heavy (non-hydrogen) atoms. The van der Waals surface area contributed by atoms with Gasteiger partial charge in [-0.2, -0.15) is 0 Å². The van der Waals surface area contributed by atoms with Crippen LogP contribution in [-0.2, 0) is 24.1 Å². The molecule has 0 bridgehead atoms. The number of rotatable bonds is 2. The van der Waals surface area contributed by atoms with Crippen molar-refractivity contribution in [3.63, 3.8) is 0 Å². The van der Waals surface area contributed by atoms with E-state index in [1.54, 1.807) is 11.3 Å². The first-order valence-corrected chi connectivity index (χ1v) is 9.33. The summed E-state index contributed by atoms with van der Waals surface area (Å²) in [6, 6.07) is 0. The summed E-state index contributed by atoms with van der Waals surface area (Å²) in [6.45, 7) is 6.64. The molecule has 0 unspecified atom stereocenters. The minimum Gasteiger partial charge on any atom is -0.373 e. The second kappa shape index (κ2) is 6.00. The molecule has 1 saturated heterocycles. The summed E-state index contributed by atoms with van der Waals surface area (Å²) in [5.74, 6) is 0.780. The van der Waals surface area contributed by atoms with Crippen molar-refractivity contribution in [2.45, 2.75) is 58.3 Å². The van der Waals surface area contributed by atoms with Crippen LogP contribution in [0.25, 0.3) is 10.2 Å². The van der Waals surface area contributed by atoms with Crippen molar-refractivity contribution >= 4 is 21.6 Å². The van der Waals surface area contributed by atoms with Crippen LogP contribution in [0.15, 0.2) is 4.79 Å². The molecule has 0 spiro atoms. The molecule has 2 aromatic heterocycles. The monoisotopic (exact) mass is 333 g/mol. The molecule has 2 aromatic rings. The highest BCUT2D eigenvalue weighted by molar-refractivity contribution is 7.18. The van der Waals surface area contributed by atoms with Crippen molar-refractivity contribution in [2.75, 3.05) is 13.1 Å². The third-order valence-electron chi connectivity index (χ3n) is 4.74. The van der Waals surface area contributed by atoms with Gasteiger partial charge in [0.15, 0.2) is 0 Å². The smallest absolute Gasteiger partial charge is 0.259 e. The molecule has 0 amide bonds. The highest BCUT2D eigenvalue weighted by Crippen LogP contribution is 2.33. The van der Waals surface area contributed by atoms with E-state index in [1.165, 1.54) is 23.3 Å². The lowest BCUT2D eigenvalue weighted by Crippen LogP contribution is -2.45. The zero-order valence-electron chi connectivity index (χ0n) is 13.7. The predicted octanol–water partition coefficient (Wildman–Crippen LogP) is 2.47. The Morgan fingerprint density at radius 2 is 2.00 bits per heavy atom. The number of fused-ring (bicyclic) bond motifs is 3. The SMILES string of the molecule is C[C@H]1CN(Cc2nc3sc4c(c3c(=O)[nH]2)CCCC4)C[C@H](C)O1. The van der Waals surface area contributed by atoms with E-state index in [0.717, 1.165) is 42.0 Å². The molecule has 0 aromatic carbocycles. The fourth-order valence-corrected chi connectivity index (χ4v) is 5.19. The van der Waals surface area contributed by atoms with E-state index >= 15 is 0 Å². The van der Waals surface area contributed by atoms with Crippen LogP contribution < -0.4 is 5.56 Å². The highest BCUT2D eigenvalue weighted by atomic mass is 32.1. The highest BCUT2D eigenvalue weighted by Gasteiger charge is 2.24. The van der Waals surface area contributed by atoms with Gasteiger partial charge in [0.25, 0.3) is 5.56 Å². The van der Waals surface area contributed by atoms with E-state index in [0.29, 0.717) is 6.54 Å². The van der Waals surface area contributed by atoms with Gasteiger partial charge in [-0.05, 0) is 45.1 Å². The van der Waals surface area contributed by atoms with Gasteiger partial charge < -0.3 is 9.72 Å². The number of aromatic amines is 1. The van der Waals surface area contributed by atoms with Crippen LogP contribution in [0.5, 0.6) is 0 Å². The van der Waals surface area contributed by atoms with E-state index in [9.17, 15) is 4.79 Å². The fraction of sp³-hybridized carbons (Fsp3) is 0.647. The molecule has 124 valence electrons. The number of hydrogen-bond acceptors (Lipinski definition) is 5. The number of morpholine rings is 1. The minimum atomic E-state index is 0.0405. The summed E-state index contributed by atoms with van der Waals surface area (Å²) in [5.41, 5.74) is 1.30. The normalized spacial score (nSPS) is 25.7. The van der Waals surface area contributed by atoms with Gasteiger partial charge in [-0.1, -0.05) is 0 Å². The van der Waals surface area contributed by atoms with E-state index in [4.69, 9.17) is 9.72 Å². The number of nitrogens with one attached hydrogen (secondary N) is 1. The van der Waals surface area contributed by atoms with Gasteiger partial charge in [0.05, 0.1) is 24.1 Å². The first kappa shape index (κ1) is 15.3. The van der Waals surface area contributed by atoms with Gasteiger partial charge in [-0.3, -0.25) is 9.69 Å². The lowest BCUT2D eigenvalue weighted by Gasteiger charge is -2.34. The lowest BCUT2D eigenvalue weighted by molar-refractivity contribution is -0.0710. The zero-order chi connectivity index (χ0) is 16.0. The molecule has 6 heteroatoms. The third-order valence-corrected chi connectivity index (χ3v) is 5.93. The Bertz CT molecular complexity index is 772. The Balaban J connectivity index is 1.65. The Kier molecular flexibility index (Phi) is 3.99. The van der Waals surface area contributed by atoms with Gasteiger partial charge >= 0.3 is 0 Å². The number of hydrogen-bond donors (Lipinski definition) is 1. The maximum atomic E-state index is 12.6. The average Bonchev–Trinajstić information content (AvgIpc) is 2.84. The zero-order valence-corrected chi connectivity index (χ0v) is 14.5. The molecule has 0 radical (unpaired) electrons. The molecule has 1 aliphatic carbocycles. The standard InChI is InChI=1S/C17H23N3O2S/c1-10-7-20(8-11(2)22-10)9-14-18-16(21)15-12-5-3-4-6-13(12)23-17(15)19-14/h10-11H,3-9H2,1-2H3,(H,18,19,21)/t10-,11-/m0/s1. The van der Waals surface area contributed by atoms with Gasteiger partial charge in [0, 0.05) is 18.0 Å². The molecule has 1 fully saturated rings. The molecule has 0 saturated carbocycles. The van der Waals surface area contributed by atoms with Crippen molar-refractivity contribution in [2.24, 2.45) is 0 Å². The number of aromatic nitrogens is 2. The number of aryl methyl sites for hydroxylation is 2. The summed E-state index contributed by atoms with van der Waals surface area (Å²) in [5, 5.41) is 0.845. The minimum absolute atomic E-state index is 0.0405. The molecule has 3 heterocycles. The second-order valence-electron chi connectivity index (χ2n) is 6.86.